The number of hydrogen-bond acceptors (Lipinski definition) is 4. The normalized spacial score (nSPS) is 20.3. The zero-order valence-electron chi connectivity index (χ0n) is 15.3. The van der Waals surface area contributed by atoms with Crippen LogP contribution in [0.15, 0.2) is 30.3 Å². The van der Waals surface area contributed by atoms with Crippen molar-refractivity contribution in [2.24, 2.45) is 5.41 Å². The lowest BCUT2D eigenvalue weighted by Gasteiger charge is -2.41. The van der Waals surface area contributed by atoms with Crippen LogP contribution < -0.4 is 0 Å². The highest BCUT2D eigenvalue weighted by Gasteiger charge is 2.44. The molecule has 1 heterocycles. The van der Waals surface area contributed by atoms with Crippen LogP contribution >= 0.6 is 0 Å². The van der Waals surface area contributed by atoms with E-state index in [1.807, 2.05) is 25.1 Å². The molecule has 0 aromatic heterocycles. The molecule has 0 N–H and O–H groups in total. The number of rotatable bonds is 8. The summed E-state index contributed by atoms with van der Waals surface area (Å²) in [4.78, 5) is 26.7. The zero-order chi connectivity index (χ0) is 18.1. The second-order valence-electron chi connectivity index (χ2n) is 6.69. The summed E-state index contributed by atoms with van der Waals surface area (Å²) in [5, 5.41) is 0. The predicted molar refractivity (Wildman–Crippen MR) is 96.1 cm³/mol. The number of likely N-dealkylation sites (tertiary alicyclic amines) is 1. The molecule has 0 bridgehead atoms. The smallest absolute Gasteiger partial charge is 0.313 e. The van der Waals surface area contributed by atoms with E-state index in [2.05, 4.69) is 12.1 Å². The van der Waals surface area contributed by atoms with Crippen molar-refractivity contribution >= 4 is 11.9 Å². The molecule has 1 fully saturated rings. The van der Waals surface area contributed by atoms with Gasteiger partial charge in [0.25, 0.3) is 0 Å². The molecule has 1 aromatic carbocycles. The van der Waals surface area contributed by atoms with E-state index in [4.69, 9.17) is 9.47 Å². The second kappa shape index (κ2) is 9.56. The van der Waals surface area contributed by atoms with Gasteiger partial charge in [0.15, 0.2) is 0 Å². The van der Waals surface area contributed by atoms with Crippen molar-refractivity contribution in [3.63, 3.8) is 0 Å². The summed E-state index contributed by atoms with van der Waals surface area (Å²) in [5.74, 6) is -0.225. The Bertz CT molecular complexity index is 560. The standard InChI is InChI=1S/C20H29NO4/c1-3-25-19(23)20(12-7-11-17-9-5-4-6-10-17)13-8-14-21(16-20)18(22)15-24-2/h4-6,9-10H,3,7-8,11-16H2,1-2H3/t20-/m0/s1. The Labute approximate surface area is 150 Å². The largest absolute Gasteiger partial charge is 0.466 e. The summed E-state index contributed by atoms with van der Waals surface area (Å²) in [6.07, 6.45) is 4.15. The van der Waals surface area contributed by atoms with E-state index in [1.54, 1.807) is 4.90 Å². The van der Waals surface area contributed by atoms with E-state index in [0.717, 1.165) is 32.1 Å². The summed E-state index contributed by atoms with van der Waals surface area (Å²) < 4.78 is 10.3. The van der Waals surface area contributed by atoms with Crippen LogP contribution in [0.3, 0.4) is 0 Å². The van der Waals surface area contributed by atoms with Gasteiger partial charge in [0.05, 0.1) is 12.0 Å². The van der Waals surface area contributed by atoms with Crippen molar-refractivity contribution in [3.05, 3.63) is 35.9 Å². The maximum Gasteiger partial charge on any atom is 0.313 e. The third-order valence-electron chi connectivity index (χ3n) is 4.87. The van der Waals surface area contributed by atoms with Crippen LogP contribution in [0.4, 0.5) is 0 Å². The van der Waals surface area contributed by atoms with Crippen LogP contribution in [0.5, 0.6) is 0 Å². The highest BCUT2D eigenvalue weighted by molar-refractivity contribution is 5.81. The van der Waals surface area contributed by atoms with Gasteiger partial charge in [-0.1, -0.05) is 30.3 Å². The first kappa shape index (κ1) is 19.4. The number of ether oxygens (including phenoxy) is 2. The average Bonchev–Trinajstić information content (AvgIpc) is 2.63. The lowest BCUT2D eigenvalue weighted by atomic mass is 9.75. The topological polar surface area (TPSA) is 55.8 Å². The summed E-state index contributed by atoms with van der Waals surface area (Å²) >= 11 is 0. The highest BCUT2D eigenvalue weighted by Crippen LogP contribution is 2.36. The van der Waals surface area contributed by atoms with Crippen molar-refractivity contribution in [1.29, 1.82) is 0 Å². The van der Waals surface area contributed by atoms with E-state index in [9.17, 15) is 9.59 Å². The molecule has 1 amide bonds. The van der Waals surface area contributed by atoms with Gasteiger partial charge in [0, 0.05) is 20.2 Å². The number of carbonyl (C=O) groups is 2. The zero-order valence-corrected chi connectivity index (χ0v) is 15.3. The van der Waals surface area contributed by atoms with Gasteiger partial charge in [-0.2, -0.15) is 0 Å². The molecule has 0 aliphatic carbocycles. The molecule has 0 radical (unpaired) electrons. The predicted octanol–water partition coefficient (Wildman–Crippen LogP) is 2.83. The Morgan fingerprint density at radius 3 is 2.68 bits per heavy atom. The third kappa shape index (κ3) is 5.30. The van der Waals surface area contributed by atoms with E-state index in [0.29, 0.717) is 19.7 Å². The maximum absolute atomic E-state index is 12.7. The summed E-state index contributed by atoms with van der Waals surface area (Å²) in [6, 6.07) is 10.3. The Kier molecular flexibility index (Phi) is 7.44. The van der Waals surface area contributed by atoms with Crippen LogP contribution in [0.1, 0.15) is 38.2 Å². The first-order valence-corrected chi connectivity index (χ1v) is 9.09. The number of nitrogens with zero attached hydrogens (tertiary/aromatic N) is 1. The summed E-state index contributed by atoms with van der Waals surface area (Å²) in [6.45, 7) is 3.37. The van der Waals surface area contributed by atoms with Crippen molar-refractivity contribution < 1.29 is 19.1 Å². The van der Waals surface area contributed by atoms with Crippen LogP contribution in [0, 0.1) is 5.41 Å². The van der Waals surface area contributed by atoms with Gasteiger partial charge in [0.2, 0.25) is 5.91 Å². The molecule has 0 unspecified atom stereocenters. The van der Waals surface area contributed by atoms with Crippen LogP contribution in [-0.4, -0.2) is 50.2 Å². The number of aryl methyl sites for hydroxylation is 1. The summed E-state index contributed by atoms with van der Waals surface area (Å²) in [5.41, 5.74) is 0.677. The molecule has 1 saturated heterocycles. The van der Waals surface area contributed by atoms with Crippen LogP contribution in [-0.2, 0) is 25.5 Å². The molecule has 138 valence electrons. The molecule has 2 rings (SSSR count). The number of piperidine rings is 1. The van der Waals surface area contributed by atoms with Crippen LogP contribution in [0.25, 0.3) is 0 Å². The third-order valence-corrected chi connectivity index (χ3v) is 4.87. The van der Waals surface area contributed by atoms with Gasteiger partial charge in [0.1, 0.15) is 6.61 Å². The van der Waals surface area contributed by atoms with Crippen molar-refractivity contribution in [2.75, 3.05) is 33.4 Å². The molecule has 25 heavy (non-hydrogen) atoms. The fourth-order valence-electron chi connectivity index (χ4n) is 3.59. The highest BCUT2D eigenvalue weighted by atomic mass is 16.5. The SMILES string of the molecule is CCOC(=O)[C@@]1(CCCc2ccccc2)CCCN(C(=O)COC)C1. The Morgan fingerprint density at radius 1 is 1.24 bits per heavy atom. The quantitative estimate of drug-likeness (QED) is 0.679. The van der Waals surface area contributed by atoms with E-state index in [1.165, 1.54) is 12.7 Å². The van der Waals surface area contributed by atoms with Gasteiger partial charge in [-0.15, -0.1) is 0 Å². The lowest BCUT2D eigenvalue weighted by Crippen LogP contribution is -2.51. The number of amides is 1. The van der Waals surface area contributed by atoms with Gasteiger partial charge >= 0.3 is 5.97 Å². The average molecular weight is 347 g/mol. The Hall–Kier alpha value is -1.88. The van der Waals surface area contributed by atoms with Crippen molar-refractivity contribution in [2.45, 2.75) is 39.0 Å². The second-order valence-corrected chi connectivity index (χ2v) is 6.69. The molecular formula is C20H29NO4. The first-order chi connectivity index (χ1) is 12.1. The molecule has 1 aliphatic heterocycles. The van der Waals surface area contributed by atoms with Crippen molar-refractivity contribution in [3.8, 4) is 0 Å². The minimum atomic E-state index is -0.591. The fraction of sp³-hybridized carbons (Fsp3) is 0.600. The molecule has 1 atom stereocenters. The minimum Gasteiger partial charge on any atom is -0.466 e. The maximum atomic E-state index is 12.7. The molecule has 0 spiro atoms. The van der Waals surface area contributed by atoms with E-state index in [-0.39, 0.29) is 18.5 Å². The van der Waals surface area contributed by atoms with E-state index >= 15 is 0 Å². The molecule has 5 nitrogen and oxygen atoms in total. The van der Waals surface area contributed by atoms with Crippen molar-refractivity contribution in [1.82, 2.24) is 4.90 Å². The molecular weight excluding hydrogens is 318 g/mol. The molecule has 1 aliphatic rings. The number of hydrogen-bond donors (Lipinski definition) is 0. The number of methoxy groups -OCH3 is 1. The molecule has 1 aromatic rings. The molecule has 5 heteroatoms. The number of esters is 1. The first-order valence-electron chi connectivity index (χ1n) is 9.09. The van der Waals surface area contributed by atoms with Gasteiger partial charge in [-0.25, -0.2) is 0 Å². The summed E-state index contributed by atoms with van der Waals surface area (Å²) in [7, 11) is 1.51. The van der Waals surface area contributed by atoms with Gasteiger partial charge < -0.3 is 14.4 Å². The fourth-order valence-corrected chi connectivity index (χ4v) is 3.59. The van der Waals surface area contributed by atoms with E-state index < -0.39 is 5.41 Å². The Morgan fingerprint density at radius 2 is 2.00 bits per heavy atom. The minimum absolute atomic E-state index is 0.0565. The monoisotopic (exact) mass is 347 g/mol. The molecule has 0 saturated carbocycles. The lowest BCUT2D eigenvalue weighted by molar-refractivity contribution is -0.162. The Balaban J connectivity index is 2.05. The van der Waals surface area contributed by atoms with Crippen LogP contribution in [0.2, 0.25) is 0 Å². The number of benzene rings is 1. The number of carbonyl (C=O) groups excluding carboxylic acids is 2. The van der Waals surface area contributed by atoms with Gasteiger partial charge in [-0.3, -0.25) is 9.59 Å². The van der Waals surface area contributed by atoms with Gasteiger partial charge in [-0.05, 0) is 44.6 Å².